The molecule has 0 saturated carbocycles. The minimum Gasteiger partial charge on any atom is -0.120 e. The molecule has 0 aliphatic carbocycles. The Morgan fingerprint density at radius 2 is 0.765 bits per heavy atom. The van der Waals surface area contributed by atoms with Gasteiger partial charge in [-0.1, -0.05) is 156 Å². The Labute approximate surface area is 227 Å². The van der Waals surface area contributed by atoms with Crippen LogP contribution in [0.4, 0.5) is 0 Å². The first-order valence-corrected chi connectivity index (χ1v) is 25.0. The van der Waals surface area contributed by atoms with E-state index in [1.54, 1.807) is 5.19 Å². The lowest BCUT2D eigenvalue weighted by Crippen LogP contribution is -2.86. The quantitative estimate of drug-likeness (QED) is 0.181. The van der Waals surface area contributed by atoms with Gasteiger partial charge in [0.2, 0.25) is 0 Å². The molecule has 4 heteroatoms. The SMILES string of the molecule is CC(C)(C)[Si](C)(C(C)(C)C)[Si](I)(c1ccc(-c2ccccc2)cc1)[Si](C)(C(C)(C)C)C(C)(C)C. The van der Waals surface area contributed by atoms with Gasteiger partial charge in [-0.2, -0.15) is 0 Å². The van der Waals surface area contributed by atoms with Crippen LogP contribution in [0.1, 0.15) is 83.1 Å². The lowest BCUT2D eigenvalue weighted by atomic mass is 10.1. The van der Waals surface area contributed by atoms with E-state index in [0.29, 0.717) is 20.2 Å². The molecule has 0 amide bonds. The Kier molecular flexibility index (Phi) is 8.21. The molecular formula is C30H51ISi3. The molecule has 0 nitrogen and oxygen atoms in total. The molecule has 0 aliphatic heterocycles. The van der Waals surface area contributed by atoms with E-state index in [1.165, 1.54) is 11.1 Å². The van der Waals surface area contributed by atoms with E-state index in [0.717, 1.165) is 0 Å². The third-order valence-corrected chi connectivity index (χ3v) is 74.9. The molecule has 0 N–H and O–H groups in total. The van der Waals surface area contributed by atoms with Crippen LogP contribution in [0.25, 0.3) is 11.1 Å². The molecule has 2 aromatic rings. The van der Waals surface area contributed by atoms with E-state index in [-0.39, 0.29) is 0 Å². The lowest BCUT2D eigenvalue weighted by Gasteiger charge is -2.68. The molecular weight excluding hydrogens is 571 g/mol. The summed E-state index contributed by atoms with van der Waals surface area (Å²) in [7, 11) is -3.82. The number of hydrogen-bond donors (Lipinski definition) is 0. The average molecular weight is 623 g/mol. The van der Waals surface area contributed by atoms with E-state index in [2.05, 4.69) is 173 Å². The topological polar surface area (TPSA) is 0 Å². The fourth-order valence-electron chi connectivity index (χ4n) is 6.92. The Hall–Kier alpha value is -0.179. The summed E-state index contributed by atoms with van der Waals surface area (Å²) in [5.41, 5.74) is 2.65. The first-order chi connectivity index (χ1) is 15.1. The summed E-state index contributed by atoms with van der Waals surface area (Å²) < 4.78 is -2.05. The van der Waals surface area contributed by atoms with Crippen molar-refractivity contribution in [1.29, 1.82) is 0 Å². The van der Waals surface area contributed by atoms with Crippen LogP contribution in [0.3, 0.4) is 0 Å². The molecule has 0 radical (unpaired) electrons. The van der Waals surface area contributed by atoms with Gasteiger partial charge in [-0.05, 0) is 31.3 Å². The first-order valence-electron chi connectivity index (χ1n) is 12.9. The highest BCUT2D eigenvalue weighted by molar-refractivity contribution is 14.1. The summed E-state index contributed by atoms with van der Waals surface area (Å²) in [6.45, 7) is 36.5. The molecule has 0 fully saturated rings. The van der Waals surface area contributed by atoms with Crippen molar-refractivity contribution >= 4 is 46.8 Å². The highest BCUT2D eigenvalue weighted by Gasteiger charge is 2.74. The van der Waals surface area contributed by atoms with Gasteiger partial charge in [0.1, 0.15) is 4.61 Å². The van der Waals surface area contributed by atoms with Gasteiger partial charge in [-0.25, -0.2) is 0 Å². The van der Waals surface area contributed by atoms with Gasteiger partial charge >= 0.3 is 0 Å². The van der Waals surface area contributed by atoms with Gasteiger partial charge in [0.05, 0.1) is 15.2 Å². The van der Waals surface area contributed by atoms with Crippen molar-refractivity contribution in [3.63, 3.8) is 0 Å². The van der Waals surface area contributed by atoms with Crippen molar-refractivity contribution in [3.8, 4) is 11.1 Å². The van der Waals surface area contributed by atoms with Gasteiger partial charge in [0, 0.05) is 0 Å². The van der Waals surface area contributed by atoms with Crippen molar-refractivity contribution in [2.24, 2.45) is 0 Å². The van der Waals surface area contributed by atoms with Crippen LogP contribution in [0, 0.1) is 0 Å². The summed E-state index contributed by atoms with van der Waals surface area (Å²) in [6.07, 6.45) is 0. The zero-order valence-electron chi connectivity index (χ0n) is 24.6. The Bertz CT molecular complexity index is 899. The Morgan fingerprint density at radius 1 is 0.471 bits per heavy atom. The largest absolute Gasteiger partial charge is 0.141 e. The van der Waals surface area contributed by atoms with Gasteiger partial charge in [0.15, 0.2) is 0 Å². The van der Waals surface area contributed by atoms with E-state index >= 15 is 0 Å². The van der Waals surface area contributed by atoms with Crippen molar-refractivity contribution in [2.45, 2.75) is 116 Å². The van der Waals surface area contributed by atoms with Crippen LogP contribution >= 0.6 is 21.8 Å². The van der Waals surface area contributed by atoms with Gasteiger partial charge in [-0.15, -0.1) is 21.8 Å². The smallest absolute Gasteiger partial charge is 0.120 e. The normalized spacial score (nSPS) is 14.9. The zero-order valence-corrected chi connectivity index (χ0v) is 29.7. The van der Waals surface area contributed by atoms with Crippen molar-refractivity contribution in [3.05, 3.63) is 54.6 Å². The summed E-state index contributed by atoms with van der Waals surface area (Å²) in [5.74, 6) is 0. The fraction of sp³-hybridized carbons (Fsp3) is 0.600. The van der Waals surface area contributed by atoms with E-state index in [1.807, 2.05) is 0 Å². The van der Waals surface area contributed by atoms with E-state index in [9.17, 15) is 0 Å². The van der Waals surface area contributed by atoms with Gasteiger partial charge in [0.25, 0.3) is 0 Å². The molecule has 0 atom stereocenters. The summed E-state index contributed by atoms with van der Waals surface area (Å²) in [5, 5.41) is 2.93. The van der Waals surface area contributed by atoms with Crippen LogP contribution < -0.4 is 5.19 Å². The molecule has 2 aromatic carbocycles. The van der Waals surface area contributed by atoms with E-state index < -0.39 is 19.8 Å². The number of benzene rings is 2. The van der Waals surface area contributed by atoms with Gasteiger partial charge < -0.3 is 0 Å². The van der Waals surface area contributed by atoms with Crippen LogP contribution in [0.15, 0.2) is 54.6 Å². The molecule has 0 heterocycles. The third-order valence-electron chi connectivity index (χ3n) is 9.77. The summed E-state index contributed by atoms with van der Waals surface area (Å²) in [6, 6.07) is 20.8. The van der Waals surface area contributed by atoms with Gasteiger partial charge in [-0.3, -0.25) is 0 Å². The molecule has 34 heavy (non-hydrogen) atoms. The standard InChI is InChI=1S/C30H51ISi3/c1-27(2,3)32(13,28(4,5)6)34(31,33(14,29(7,8)9)30(10,11)12)26-22-20-25(21-23-26)24-18-16-15-17-19-24/h15-23H,1-14H3. The molecule has 190 valence electrons. The average Bonchev–Trinajstić information content (AvgIpc) is 2.69. The van der Waals surface area contributed by atoms with Crippen molar-refractivity contribution in [2.75, 3.05) is 0 Å². The second-order valence-corrected chi connectivity index (χ2v) is 50.2. The molecule has 0 bridgehead atoms. The highest BCUT2D eigenvalue weighted by Crippen LogP contribution is 2.66. The molecule has 0 saturated heterocycles. The second-order valence-electron chi connectivity index (χ2n) is 14.9. The number of halogens is 1. The maximum absolute atomic E-state index is 3.19. The molecule has 0 aliphatic rings. The Morgan fingerprint density at radius 3 is 1.06 bits per heavy atom. The Balaban J connectivity index is 3.04. The van der Waals surface area contributed by atoms with Crippen LogP contribution in [0.2, 0.25) is 33.2 Å². The highest BCUT2D eigenvalue weighted by atomic mass is 127. The number of hydrogen-bond acceptors (Lipinski definition) is 0. The summed E-state index contributed by atoms with van der Waals surface area (Å²) >= 11 is 3.19. The maximum atomic E-state index is 3.19. The predicted molar refractivity (Wildman–Crippen MR) is 173 cm³/mol. The maximum Gasteiger partial charge on any atom is 0.141 e. The minimum atomic E-state index is -2.05. The van der Waals surface area contributed by atoms with Crippen molar-refractivity contribution in [1.82, 2.24) is 0 Å². The third kappa shape index (κ3) is 4.52. The van der Waals surface area contributed by atoms with Crippen LogP contribution in [-0.4, -0.2) is 19.8 Å². The minimum absolute atomic E-state index is 0.307. The van der Waals surface area contributed by atoms with Crippen LogP contribution in [0.5, 0.6) is 0 Å². The molecule has 2 rings (SSSR count). The second kappa shape index (κ2) is 9.29. The zero-order chi connectivity index (χ0) is 26.6. The van der Waals surface area contributed by atoms with Crippen LogP contribution in [-0.2, 0) is 0 Å². The molecule has 0 spiro atoms. The molecule has 0 aromatic heterocycles. The lowest BCUT2D eigenvalue weighted by molar-refractivity contribution is 0.625. The monoisotopic (exact) mass is 622 g/mol. The fourth-order valence-corrected chi connectivity index (χ4v) is 90.9. The number of rotatable bonds is 4. The first kappa shape index (κ1) is 30.0. The molecule has 0 unspecified atom stereocenters. The summed E-state index contributed by atoms with van der Waals surface area (Å²) in [4.78, 5) is 0. The van der Waals surface area contributed by atoms with Crippen molar-refractivity contribution < 1.29 is 0 Å². The van der Waals surface area contributed by atoms with E-state index in [4.69, 9.17) is 0 Å². The predicted octanol–water partition coefficient (Wildman–Crippen LogP) is 10.5.